The Hall–Kier alpha value is -1.55. The summed E-state index contributed by atoms with van der Waals surface area (Å²) in [6, 6.07) is 4.33. The van der Waals surface area contributed by atoms with E-state index in [4.69, 9.17) is 15.6 Å². The van der Waals surface area contributed by atoms with Crippen LogP contribution in [-0.2, 0) is 11.2 Å². The lowest BCUT2D eigenvalue weighted by atomic mass is 10.0. The van der Waals surface area contributed by atoms with E-state index in [1.54, 1.807) is 12.1 Å². The topological polar surface area (TPSA) is 72.6 Å². The molecule has 4 nitrogen and oxygen atoms in total. The smallest absolute Gasteiger partial charge is 0.325 e. The number of ether oxygens (including phenoxy) is 1. The van der Waals surface area contributed by atoms with Crippen LogP contribution in [0.5, 0.6) is 5.75 Å². The van der Waals surface area contributed by atoms with Crippen molar-refractivity contribution < 1.29 is 14.6 Å². The predicted molar refractivity (Wildman–Crippen MR) is 56.9 cm³/mol. The van der Waals surface area contributed by atoms with Crippen molar-refractivity contribution in [2.45, 2.75) is 19.4 Å². The molecule has 0 aliphatic heterocycles. The summed E-state index contributed by atoms with van der Waals surface area (Å²) in [6.45, 7) is 1.98. The van der Waals surface area contributed by atoms with Crippen LogP contribution >= 0.6 is 0 Å². The van der Waals surface area contributed by atoms with Gasteiger partial charge in [-0.25, -0.2) is 0 Å². The lowest BCUT2D eigenvalue weighted by Crippen LogP contribution is -2.21. The molecule has 0 amide bonds. The van der Waals surface area contributed by atoms with E-state index in [2.05, 4.69) is 0 Å². The van der Waals surface area contributed by atoms with Crippen molar-refractivity contribution in [3.05, 3.63) is 29.3 Å². The molecule has 1 rings (SSSR count). The highest BCUT2D eigenvalue weighted by Crippen LogP contribution is 2.28. The molecule has 0 bridgehead atoms. The minimum Gasteiger partial charge on any atom is -0.496 e. The largest absolute Gasteiger partial charge is 0.496 e. The van der Waals surface area contributed by atoms with Crippen molar-refractivity contribution in [1.82, 2.24) is 0 Å². The first-order valence-corrected chi connectivity index (χ1v) is 4.76. The van der Waals surface area contributed by atoms with E-state index in [0.717, 1.165) is 12.0 Å². The predicted octanol–water partition coefficient (Wildman–Crippen LogP) is 1.34. The zero-order chi connectivity index (χ0) is 11.4. The van der Waals surface area contributed by atoms with E-state index >= 15 is 0 Å². The van der Waals surface area contributed by atoms with Crippen molar-refractivity contribution >= 4 is 5.97 Å². The van der Waals surface area contributed by atoms with Gasteiger partial charge in [-0.2, -0.15) is 0 Å². The third kappa shape index (κ3) is 2.27. The van der Waals surface area contributed by atoms with Crippen LogP contribution in [0.3, 0.4) is 0 Å². The molecule has 1 unspecified atom stereocenters. The first-order valence-electron chi connectivity index (χ1n) is 4.76. The fraction of sp³-hybridized carbons (Fsp3) is 0.364. The molecule has 1 atom stereocenters. The van der Waals surface area contributed by atoms with Crippen LogP contribution in [0.25, 0.3) is 0 Å². The monoisotopic (exact) mass is 209 g/mol. The first-order chi connectivity index (χ1) is 7.11. The van der Waals surface area contributed by atoms with Crippen LogP contribution in [0.1, 0.15) is 24.1 Å². The van der Waals surface area contributed by atoms with E-state index in [1.807, 2.05) is 13.0 Å². The zero-order valence-electron chi connectivity index (χ0n) is 8.86. The molecule has 3 N–H and O–H groups in total. The third-order valence-corrected chi connectivity index (χ3v) is 2.31. The maximum absolute atomic E-state index is 10.8. The average Bonchev–Trinajstić information content (AvgIpc) is 2.26. The lowest BCUT2D eigenvalue weighted by Gasteiger charge is -2.15. The van der Waals surface area contributed by atoms with Gasteiger partial charge in [0.1, 0.15) is 11.8 Å². The van der Waals surface area contributed by atoms with Gasteiger partial charge < -0.3 is 15.6 Å². The number of carboxylic acids is 1. The Morgan fingerprint density at radius 2 is 2.27 bits per heavy atom. The standard InChI is InChI=1S/C11H15NO3/c1-3-7-5-4-6-8(10(7)15-2)9(12)11(13)14/h4-6,9H,3,12H2,1-2H3,(H,13,14). The molecule has 0 radical (unpaired) electrons. The molecule has 0 fully saturated rings. The normalized spacial score (nSPS) is 12.2. The van der Waals surface area contributed by atoms with Gasteiger partial charge >= 0.3 is 5.97 Å². The Morgan fingerprint density at radius 1 is 1.60 bits per heavy atom. The quantitative estimate of drug-likeness (QED) is 0.784. The van der Waals surface area contributed by atoms with Gasteiger partial charge in [-0.05, 0) is 12.0 Å². The molecule has 0 aliphatic rings. The minimum atomic E-state index is -1.05. The number of rotatable bonds is 4. The molecular weight excluding hydrogens is 194 g/mol. The summed E-state index contributed by atoms with van der Waals surface area (Å²) >= 11 is 0. The average molecular weight is 209 g/mol. The molecule has 82 valence electrons. The van der Waals surface area contributed by atoms with Gasteiger partial charge in [0.25, 0.3) is 0 Å². The molecule has 0 aliphatic carbocycles. The Bertz CT molecular complexity index is 363. The van der Waals surface area contributed by atoms with Crippen molar-refractivity contribution in [1.29, 1.82) is 0 Å². The molecule has 0 heterocycles. The second-order valence-corrected chi connectivity index (χ2v) is 3.21. The summed E-state index contributed by atoms with van der Waals surface area (Å²) in [4.78, 5) is 10.8. The molecule has 1 aromatic rings. The van der Waals surface area contributed by atoms with Gasteiger partial charge in [-0.15, -0.1) is 0 Å². The Balaban J connectivity index is 3.22. The van der Waals surface area contributed by atoms with Gasteiger partial charge in [0.05, 0.1) is 7.11 Å². The highest BCUT2D eigenvalue weighted by molar-refractivity contribution is 5.76. The SMILES string of the molecule is CCc1cccc(C(N)C(=O)O)c1OC. The number of nitrogens with two attached hydrogens (primary N) is 1. The van der Waals surface area contributed by atoms with Gasteiger partial charge in [0.15, 0.2) is 0 Å². The minimum absolute atomic E-state index is 0.518. The van der Waals surface area contributed by atoms with Crippen LogP contribution in [0.2, 0.25) is 0 Å². The number of para-hydroxylation sites is 1. The lowest BCUT2D eigenvalue weighted by molar-refractivity contribution is -0.138. The number of hydrogen-bond donors (Lipinski definition) is 2. The van der Waals surface area contributed by atoms with Gasteiger partial charge in [0, 0.05) is 5.56 Å². The van der Waals surface area contributed by atoms with Crippen molar-refractivity contribution in [3.8, 4) is 5.75 Å². The second kappa shape index (κ2) is 4.79. The highest BCUT2D eigenvalue weighted by Gasteiger charge is 2.19. The first kappa shape index (κ1) is 11.5. The van der Waals surface area contributed by atoms with Crippen LogP contribution in [-0.4, -0.2) is 18.2 Å². The Morgan fingerprint density at radius 3 is 2.73 bits per heavy atom. The van der Waals surface area contributed by atoms with Crippen LogP contribution in [0.4, 0.5) is 0 Å². The number of carboxylic acid groups (broad SMARTS) is 1. The molecule has 15 heavy (non-hydrogen) atoms. The fourth-order valence-corrected chi connectivity index (χ4v) is 1.51. The van der Waals surface area contributed by atoms with Crippen LogP contribution < -0.4 is 10.5 Å². The van der Waals surface area contributed by atoms with Crippen molar-refractivity contribution in [2.75, 3.05) is 7.11 Å². The molecule has 0 saturated carbocycles. The molecule has 4 heteroatoms. The summed E-state index contributed by atoms with van der Waals surface area (Å²) in [6.07, 6.45) is 0.781. The molecule has 0 aromatic heterocycles. The number of hydrogen-bond acceptors (Lipinski definition) is 3. The molecule has 0 spiro atoms. The number of methoxy groups -OCH3 is 1. The summed E-state index contributed by atoms with van der Waals surface area (Å²) in [5.41, 5.74) is 7.04. The van der Waals surface area contributed by atoms with E-state index in [-0.39, 0.29) is 0 Å². The number of benzene rings is 1. The molecule has 0 saturated heterocycles. The molecule has 1 aromatic carbocycles. The highest BCUT2D eigenvalue weighted by atomic mass is 16.5. The van der Waals surface area contributed by atoms with Crippen molar-refractivity contribution in [2.24, 2.45) is 5.73 Å². The number of aryl methyl sites for hydroxylation is 1. The fourth-order valence-electron chi connectivity index (χ4n) is 1.51. The third-order valence-electron chi connectivity index (χ3n) is 2.31. The van der Waals surface area contributed by atoms with Gasteiger partial charge in [0.2, 0.25) is 0 Å². The van der Waals surface area contributed by atoms with E-state index in [9.17, 15) is 4.79 Å². The Labute approximate surface area is 88.7 Å². The van der Waals surface area contributed by atoms with Crippen LogP contribution in [0, 0.1) is 0 Å². The molecular formula is C11H15NO3. The summed E-state index contributed by atoms with van der Waals surface area (Å²) < 4.78 is 5.20. The maximum Gasteiger partial charge on any atom is 0.325 e. The van der Waals surface area contributed by atoms with Gasteiger partial charge in [-0.3, -0.25) is 4.79 Å². The summed E-state index contributed by atoms with van der Waals surface area (Å²) in [5.74, 6) is -0.476. The van der Waals surface area contributed by atoms with E-state index < -0.39 is 12.0 Å². The number of aliphatic carboxylic acids is 1. The summed E-state index contributed by atoms with van der Waals surface area (Å²) in [5, 5.41) is 8.84. The van der Waals surface area contributed by atoms with E-state index in [0.29, 0.717) is 11.3 Å². The van der Waals surface area contributed by atoms with Gasteiger partial charge in [-0.1, -0.05) is 25.1 Å². The van der Waals surface area contributed by atoms with Crippen molar-refractivity contribution in [3.63, 3.8) is 0 Å². The second-order valence-electron chi connectivity index (χ2n) is 3.21. The zero-order valence-corrected chi connectivity index (χ0v) is 8.86. The van der Waals surface area contributed by atoms with E-state index in [1.165, 1.54) is 7.11 Å². The Kier molecular flexibility index (Phi) is 3.68. The summed E-state index contributed by atoms with van der Waals surface area (Å²) in [7, 11) is 1.52. The number of carbonyl (C=O) groups is 1. The van der Waals surface area contributed by atoms with Crippen LogP contribution in [0.15, 0.2) is 18.2 Å². The maximum atomic E-state index is 10.8.